The van der Waals surface area contributed by atoms with Crippen LogP contribution in [0.1, 0.15) is 148 Å². The summed E-state index contributed by atoms with van der Waals surface area (Å²) in [7, 11) is 3.67. The number of fused-ring (bicyclic) bond motifs is 2. The first-order valence-electron chi connectivity index (χ1n) is 47.1. The molecule has 0 saturated carbocycles. The van der Waals surface area contributed by atoms with Crippen LogP contribution in [0, 0.1) is 17.9 Å². The van der Waals surface area contributed by atoms with E-state index in [0.29, 0.717) is 183 Å². The molecule has 0 spiro atoms. The number of carboxylic acid groups (broad SMARTS) is 2. The number of aryl methyl sites for hydroxylation is 1. The zero-order valence-electron chi connectivity index (χ0n) is 78.0. The number of aromatic nitrogens is 2. The number of rotatable bonds is 51. The molecule has 4 aromatic rings. The molecule has 2 aromatic carbocycles. The molecule has 6 fully saturated rings. The minimum Gasteiger partial charge on any atom is -0.494 e. The molecular weight excluding hydrogens is 1790 g/mol. The molecule has 2 aromatic heterocycles. The van der Waals surface area contributed by atoms with Gasteiger partial charge in [-0.2, -0.15) is 5.26 Å². The normalized spacial score (nSPS) is 19.7. The van der Waals surface area contributed by atoms with Crippen LogP contribution < -0.4 is 31.3 Å². The first-order chi connectivity index (χ1) is 65.8. The van der Waals surface area contributed by atoms with Gasteiger partial charge in [-0.3, -0.25) is 121 Å². The number of hydrogen-bond acceptors (Lipinski definition) is 27. The standard InChI is InChI=1S/C93H129F4N21O19/c1-99-79-48-93(96,97)61-118(79)85(126)51-106-90(132)73-24-32-101-77-20-18-71(46-75(73)77)137-44-14-13-30-104-82(123)56-108(3)68-26-34-115(53-68)87(128)58-116(57-86(127)114-33-25-67(52-114)107(2)55-81(122)103-29-12-8-9-15-66-17-19-76-74(45-66)72(23-31-100-76)89(131)105-50-84(125)117-60-92(94,95)47-70(117)49-98)69-27-35-113(54-69)83(124)16-10-6-4-5-7-11-28-102-80(121)22-21-78(91(133)134)112-42-40-109(59-88(129)130)36-37-110(62-135-64-119)38-39-111(41-43-112)63-136-65-120/h17-20,23-24,31-32,45-46,64-65,67-70,78-79H,4-16,21-22,25-30,33-44,47-48,50-63H2,2-3H3,(H,102,121)(H,103,122)(H,104,123)(H,105,131)(H,106,132)(H,129,130)(H,133,134)/t67-,68-,69?,70+,78?,79+/m1/s1. The fourth-order valence-electron chi connectivity index (χ4n) is 18.2. The number of amides is 10. The summed E-state index contributed by atoms with van der Waals surface area (Å²) >= 11 is 0. The van der Waals surface area contributed by atoms with Crippen molar-refractivity contribution in [1.82, 2.24) is 95.4 Å². The second-order valence-electron chi connectivity index (χ2n) is 36.0. The number of likely N-dealkylation sites (tertiary alicyclic amines) is 5. The van der Waals surface area contributed by atoms with Gasteiger partial charge in [-0.1, -0.05) is 38.2 Å². The highest BCUT2D eigenvalue weighted by molar-refractivity contribution is 6.08. The summed E-state index contributed by atoms with van der Waals surface area (Å²) in [5, 5.41) is 44.3. The third-order valence-corrected chi connectivity index (χ3v) is 26.1. The number of nitriles is 1. The van der Waals surface area contributed by atoms with Gasteiger partial charge < -0.3 is 70.6 Å². The van der Waals surface area contributed by atoms with Crippen molar-refractivity contribution < 1.29 is 109 Å². The Kier molecular flexibility index (Phi) is 42.0. The molecule has 0 radical (unpaired) electrons. The smallest absolute Gasteiger partial charge is 0.320 e. The van der Waals surface area contributed by atoms with Crippen LogP contribution in [-0.4, -0.2) is 415 Å². The van der Waals surface area contributed by atoms with Crippen LogP contribution in [0.25, 0.3) is 26.7 Å². The third kappa shape index (κ3) is 33.7. The van der Waals surface area contributed by atoms with Crippen LogP contribution in [0.2, 0.25) is 0 Å². The second kappa shape index (κ2) is 53.7. The number of unbranched alkanes of at least 4 members (excludes halogenated alkanes) is 8. The van der Waals surface area contributed by atoms with Crippen molar-refractivity contribution in [1.29, 1.82) is 5.26 Å². The Morgan fingerprint density at radius 3 is 1.59 bits per heavy atom. The average Bonchev–Trinajstić information content (AvgIpc) is 1.47. The van der Waals surface area contributed by atoms with Gasteiger partial charge in [0.05, 0.1) is 93.7 Å². The summed E-state index contributed by atoms with van der Waals surface area (Å²) in [6.07, 6.45) is 10.5. The summed E-state index contributed by atoms with van der Waals surface area (Å²) in [5.74, 6) is -12.1. The Bertz CT molecular complexity index is 4680. The van der Waals surface area contributed by atoms with Crippen molar-refractivity contribution in [3.8, 4) is 11.8 Å². The number of carbonyl (C=O) groups is 14. The quantitative estimate of drug-likeness (QED) is 0.0144. The number of halogens is 4. The Morgan fingerprint density at radius 1 is 0.547 bits per heavy atom. The number of carbonyl (C=O) groups excluding carboxylic acids is 12. The molecule has 0 bridgehead atoms. The Balaban J connectivity index is 0.653. The van der Waals surface area contributed by atoms with E-state index in [1.165, 1.54) is 24.5 Å². The van der Waals surface area contributed by atoms with Crippen molar-refractivity contribution in [2.75, 3.05) is 204 Å². The van der Waals surface area contributed by atoms with Gasteiger partial charge in [-0.05, 0) is 133 Å². The van der Waals surface area contributed by atoms with Crippen LogP contribution in [0.3, 0.4) is 0 Å². The molecule has 6 aliphatic heterocycles. The molecule has 6 aliphatic rings. The summed E-state index contributed by atoms with van der Waals surface area (Å²) in [6.45, 7) is 10.2. The Labute approximate surface area is 793 Å². The molecule has 10 amide bonds. The lowest BCUT2D eigenvalue weighted by Crippen LogP contribution is -2.51. The summed E-state index contributed by atoms with van der Waals surface area (Å²) in [6, 6.07) is 12.3. The fraction of sp³-hybridized carbons (Fsp3) is 0.634. The van der Waals surface area contributed by atoms with Gasteiger partial charge in [0, 0.05) is 172 Å². The zero-order valence-corrected chi connectivity index (χ0v) is 78.0. The van der Waals surface area contributed by atoms with Crippen LogP contribution in [0.4, 0.5) is 17.6 Å². The van der Waals surface area contributed by atoms with E-state index in [9.17, 15) is 100 Å². The number of carboxylic acids is 2. The topological polar surface area (TPSA) is 460 Å². The maximum absolute atomic E-state index is 14.6. The molecule has 0 aliphatic carbocycles. The SMILES string of the molecule is [C-]#[N+][C@@H]1CC(F)(F)CN1C(=O)CNC(=O)c1ccnc2ccc(OCCCCNC(=O)CN(C)[C@@H]3CCN(C(=O)CN(CC(=O)N4CC[C@@H](N(C)CC(=O)NCCCCCc5ccc6nccc(C(=O)NCC(=O)N7CC(F)(F)C[C@H]7C#N)c6c5)C4)C4CCN(C(=O)CCCCCCCCNC(=O)CCC(C(=O)O)N5CCN(COC=O)CCN(COC=O)CCN(CC(=O)O)CC5)C4)C3)cc12. The van der Waals surface area contributed by atoms with Crippen LogP contribution in [-0.2, 0) is 73.4 Å². The number of aliphatic carboxylic acids is 2. The molecule has 10 rings (SSSR count). The number of nitrogens with one attached hydrogen (secondary N) is 5. The minimum absolute atomic E-state index is 0.0200. The number of ether oxygens (including phenoxy) is 3. The van der Waals surface area contributed by atoms with E-state index in [1.807, 2.05) is 45.8 Å². The highest BCUT2D eigenvalue weighted by atomic mass is 19.3. The largest absolute Gasteiger partial charge is 0.494 e. The van der Waals surface area contributed by atoms with Gasteiger partial charge >= 0.3 is 18.1 Å². The molecule has 748 valence electrons. The van der Waals surface area contributed by atoms with Crippen LogP contribution >= 0.6 is 0 Å². The molecule has 8 heterocycles. The molecule has 137 heavy (non-hydrogen) atoms. The molecular formula is C93H129F4N21O19. The first-order valence-corrected chi connectivity index (χ1v) is 47.1. The molecule has 40 nitrogen and oxygen atoms in total. The zero-order chi connectivity index (χ0) is 98.6. The lowest BCUT2D eigenvalue weighted by Gasteiger charge is -2.35. The number of hydrogen-bond donors (Lipinski definition) is 7. The molecule has 6 atom stereocenters. The van der Waals surface area contributed by atoms with Gasteiger partial charge in [0.2, 0.25) is 47.3 Å². The Morgan fingerprint density at radius 2 is 1.03 bits per heavy atom. The van der Waals surface area contributed by atoms with Crippen molar-refractivity contribution >= 4 is 106 Å². The molecule has 44 heteroatoms. The number of pyridine rings is 2. The lowest BCUT2D eigenvalue weighted by atomic mass is 10.0. The summed E-state index contributed by atoms with van der Waals surface area (Å²) in [5.41, 5.74) is 2.35. The van der Waals surface area contributed by atoms with E-state index < -0.39 is 105 Å². The van der Waals surface area contributed by atoms with Crippen LogP contribution in [0.15, 0.2) is 60.9 Å². The maximum atomic E-state index is 14.6. The second-order valence-corrected chi connectivity index (χ2v) is 36.0. The third-order valence-electron chi connectivity index (χ3n) is 26.1. The predicted molar refractivity (Wildman–Crippen MR) is 489 cm³/mol. The van der Waals surface area contributed by atoms with Gasteiger partial charge in [0.1, 0.15) is 37.7 Å². The highest BCUT2D eigenvalue weighted by Crippen LogP contribution is 2.35. The number of likely N-dealkylation sites (N-methyl/N-ethyl adjacent to an activating group) is 2. The van der Waals surface area contributed by atoms with E-state index in [4.69, 9.17) is 20.8 Å². The van der Waals surface area contributed by atoms with Gasteiger partial charge in [-0.15, -0.1) is 0 Å². The van der Waals surface area contributed by atoms with Crippen molar-refractivity contribution in [3.05, 3.63) is 89.0 Å². The van der Waals surface area contributed by atoms with Gasteiger partial charge in [-0.25, -0.2) is 24.1 Å². The van der Waals surface area contributed by atoms with Crippen molar-refractivity contribution in [3.63, 3.8) is 0 Å². The van der Waals surface area contributed by atoms with E-state index in [0.717, 1.165) is 53.9 Å². The summed E-state index contributed by atoms with van der Waals surface area (Å²) < 4.78 is 72.1. The van der Waals surface area contributed by atoms with E-state index in [-0.39, 0.29) is 163 Å². The number of nitrogens with zero attached hydrogens (tertiary/aromatic N) is 16. The lowest BCUT2D eigenvalue weighted by molar-refractivity contribution is -0.145. The van der Waals surface area contributed by atoms with Gasteiger partial charge in [0.15, 0.2) is 0 Å². The summed E-state index contributed by atoms with van der Waals surface area (Å²) in [4.78, 5) is 214. The van der Waals surface area contributed by atoms with Crippen LogP contribution in [0.5, 0.6) is 5.75 Å². The maximum Gasteiger partial charge on any atom is 0.320 e. The predicted octanol–water partition coefficient (Wildman–Crippen LogP) is 2.54. The highest BCUT2D eigenvalue weighted by Gasteiger charge is 2.51. The Hall–Kier alpha value is -11.9. The van der Waals surface area contributed by atoms with E-state index in [2.05, 4.69) is 41.4 Å². The number of alkyl halides is 4. The monoisotopic (exact) mass is 1920 g/mol. The molecule has 2 unspecified atom stereocenters. The molecule has 7 N–H and O–H groups in total. The van der Waals surface area contributed by atoms with E-state index in [1.54, 1.807) is 59.7 Å². The van der Waals surface area contributed by atoms with Crippen molar-refractivity contribution in [2.45, 2.75) is 177 Å². The number of benzene rings is 2. The minimum atomic E-state index is -3.20. The van der Waals surface area contributed by atoms with Crippen molar-refractivity contribution in [2.24, 2.45) is 0 Å². The van der Waals surface area contributed by atoms with Gasteiger partial charge in [0.25, 0.3) is 36.6 Å². The fourth-order valence-corrected chi connectivity index (χ4v) is 18.2. The first kappa shape index (κ1) is 107. The van der Waals surface area contributed by atoms with E-state index >= 15 is 0 Å². The average molecular weight is 1920 g/mol. The molecule has 6 saturated heterocycles.